The minimum atomic E-state index is -0.751. The Morgan fingerprint density at radius 1 is 1.41 bits per heavy atom. The van der Waals surface area contributed by atoms with Crippen molar-refractivity contribution in [3.8, 4) is 0 Å². The van der Waals surface area contributed by atoms with Crippen LogP contribution in [0.25, 0.3) is 0 Å². The Hall–Kier alpha value is -2.51. The average Bonchev–Trinajstić information content (AvgIpc) is 2.59. The number of halogens is 2. The molecule has 27 heavy (non-hydrogen) atoms. The Bertz CT molecular complexity index is 871. The smallest absolute Gasteiger partial charge is 0.218 e. The molecular formula is C19H25ClFN3O3. The van der Waals surface area contributed by atoms with E-state index in [1.165, 1.54) is 30.5 Å². The summed E-state index contributed by atoms with van der Waals surface area (Å²) in [6.45, 7) is 3.62. The van der Waals surface area contributed by atoms with Gasteiger partial charge in [0.1, 0.15) is 5.82 Å². The molecule has 0 aliphatic rings. The van der Waals surface area contributed by atoms with E-state index in [0.717, 1.165) is 6.20 Å². The lowest BCUT2D eigenvalue weighted by Crippen LogP contribution is -2.34. The van der Waals surface area contributed by atoms with E-state index in [2.05, 4.69) is 5.32 Å². The number of carbonyl (C=O) groups is 2. The summed E-state index contributed by atoms with van der Waals surface area (Å²) >= 11 is 6.08. The van der Waals surface area contributed by atoms with Gasteiger partial charge < -0.3 is 16.3 Å². The molecule has 0 fully saturated rings. The number of pyridine rings is 1. The first-order chi connectivity index (χ1) is 12.7. The second-order valence-corrected chi connectivity index (χ2v) is 6.71. The summed E-state index contributed by atoms with van der Waals surface area (Å²) in [7, 11) is 0. The van der Waals surface area contributed by atoms with Crippen molar-refractivity contribution in [2.24, 2.45) is 5.73 Å². The molecule has 0 saturated carbocycles. The third kappa shape index (κ3) is 5.02. The lowest BCUT2D eigenvalue weighted by molar-refractivity contribution is -0.605. The summed E-state index contributed by atoms with van der Waals surface area (Å²) in [5, 5.41) is 14.5. The van der Waals surface area contributed by atoms with Crippen molar-refractivity contribution in [1.29, 1.82) is 0 Å². The average molecular weight is 398 g/mol. The molecule has 1 aromatic heterocycles. The van der Waals surface area contributed by atoms with Gasteiger partial charge in [0.05, 0.1) is 16.1 Å². The molecule has 0 radical (unpaired) electrons. The van der Waals surface area contributed by atoms with E-state index in [0.29, 0.717) is 11.2 Å². The Kier molecular flexibility index (Phi) is 6.87. The first kappa shape index (κ1) is 20.8. The first-order valence-corrected chi connectivity index (χ1v) is 8.88. The number of hydrogen-bond donors (Lipinski definition) is 2. The lowest BCUT2D eigenvalue weighted by Gasteiger charge is -2.23. The molecule has 3 N–H and O–H groups in total. The fourth-order valence-electron chi connectivity index (χ4n) is 2.91. The number of benzene rings is 1. The predicted octanol–water partition coefficient (Wildman–Crippen LogP) is 3.14. The summed E-state index contributed by atoms with van der Waals surface area (Å²) in [4.78, 5) is 23.8. The number of amides is 1. The summed E-state index contributed by atoms with van der Waals surface area (Å²) < 4.78 is 15.7. The molecule has 1 heterocycles. The minimum Gasteiger partial charge on any atom is -0.619 e. The fourth-order valence-corrected chi connectivity index (χ4v) is 3.14. The summed E-state index contributed by atoms with van der Waals surface area (Å²) in [6.07, 6.45) is 2.91. The SMILES string of the molecule is CC[C@@H](N[C@@H](C)CC(N)=O)c1ccc(Cl)c(C(=O)c2ccc[n+]([O-])c2)c1F.[HH].[HH]. The number of nitrogens with one attached hydrogen (secondary N) is 1. The number of carbonyl (C=O) groups excluding carboxylic acids is 2. The van der Waals surface area contributed by atoms with Gasteiger partial charge in [-0.05, 0) is 25.5 Å². The number of primary amides is 1. The topological polar surface area (TPSA) is 99.1 Å². The van der Waals surface area contributed by atoms with Crippen molar-refractivity contribution in [3.05, 3.63) is 69.4 Å². The highest BCUT2D eigenvalue weighted by Gasteiger charge is 2.25. The standard InChI is InChI=1S/C19H21ClFN3O3.2H2/c1-3-15(23-11(2)9-16(22)25)13-6-7-14(20)17(18(13)21)19(26)12-5-4-8-24(27)10-12;;/h4-8,10-11,15,23H,3,9H2,1-2H3,(H2,22,25);2*1H/t11-,15+;;/m0../s1. The van der Waals surface area contributed by atoms with Gasteiger partial charge in [0.25, 0.3) is 0 Å². The molecule has 1 aromatic carbocycles. The zero-order valence-corrected chi connectivity index (χ0v) is 15.8. The second kappa shape index (κ2) is 8.92. The van der Waals surface area contributed by atoms with Crippen molar-refractivity contribution >= 4 is 23.3 Å². The lowest BCUT2D eigenvalue weighted by atomic mass is 9.96. The van der Waals surface area contributed by atoms with E-state index in [4.69, 9.17) is 17.3 Å². The zero-order chi connectivity index (χ0) is 20.1. The van der Waals surface area contributed by atoms with E-state index in [-0.39, 0.29) is 37.0 Å². The monoisotopic (exact) mass is 397 g/mol. The molecule has 0 unspecified atom stereocenters. The third-order valence-corrected chi connectivity index (χ3v) is 4.48. The minimum absolute atomic E-state index is 0. The van der Waals surface area contributed by atoms with E-state index >= 15 is 4.39 Å². The number of aromatic nitrogens is 1. The van der Waals surface area contributed by atoms with Crippen LogP contribution in [0.15, 0.2) is 36.7 Å². The van der Waals surface area contributed by atoms with Gasteiger partial charge in [-0.25, -0.2) is 4.39 Å². The largest absolute Gasteiger partial charge is 0.619 e. The van der Waals surface area contributed by atoms with Crippen molar-refractivity contribution < 1.29 is 21.6 Å². The fraction of sp³-hybridized carbons (Fsp3) is 0.316. The van der Waals surface area contributed by atoms with Gasteiger partial charge in [0.15, 0.2) is 12.4 Å². The van der Waals surface area contributed by atoms with E-state index < -0.39 is 23.5 Å². The molecule has 0 saturated heterocycles. The van der Waals surface area contributed by atoms with Crippen LogP contribution in [0, 0.1) is 11.0 Å². The maximum Gasteiger partial charge on any atom is 0.218 e. The van der Waals surface area contributed by atoms with Crippen LogP contribution < -0.4 is 15.8 Å². The molecule has 0 spiro atoms. The molecule has 6 nitrogen and oxygen atoms in total. The van der Waals surface area contributed by atoms with Gasteiger partial charge in [-0.3, -0.25) is 9.59 Å². The van der Waals surface area contributed by atoms with Gasteiger partial charge >= 0.3 is 0 Å². The highest BCUT2D eigenvalue weighted by molar-refractivity contribution is 6.35. The Morgan fingerprint density at radius 3 is 2.70 bits per heavy atom. The van der Waals surface area contributed by atoms with Crippen LogP contribution in [0.1, 0.15) is 57.1 Å². The van der Waals surface area contributed by atoms with E-state index in [1.807, 2.05) is 6.92 Å². The molecule has 0 bridgehead atoms. The molecule has 2 atom stereocenters. The van der Waals surface area contributed by atoms with Crippen molar-refractivity contribution in [3.63, 3.8) is 0 Å². The van der Waals surface area contributed by atoms with Gasteiger partial charge in [0.2, 0.25) is 11.7 Å². The normalized spacial score (nSPS) is 13.2. The van der Waals surface area contributed by atoms with Gasteiger partial charge in [0, 0.05) is 33.0 Å². The number of nitrogens with two attached hydrogens (primary N) is 1. The van der Waals surface area contributed by atoms with Crippen LogP contribution >= 0.6 is 11.6 Å². The maximum atomic E-state index is 15.2. The molecule has 0 aliphatic heterocycles. The molecule has 2 rings (SSSR count). The second-order valence-electron chi connectivity index (χ2n) is 6.31. The van der Waals surface area contributed by atoms with Crippen LogP contribution in [0.4, 0.5) is 4.39 Å². The number of rotatable bonds is 8. The predicted molar refractivity (Wildman–Crippen MR) is 104 cm³/mol. The highest BCUT2D eigenvalue weighted by Crippen LogP contribution is 2.29. The van der Waals surface area contributed by atoms with Crippen LogP contribution in [0.5, 0.6) is 0 Å². The summed E-state index contributed by atoms with van der Waals surface area (Å²) in [5.74, 6) is -1.89. The zero-order valence-electron chi connectivity index (χ0n) is 15.0. The van der Waals surface area contributed by atoms with Crippen LogP contribution in [-0.2, 0) is 4.79 Å². The van der Waals surface area contributed by atoms with Crippen LogP contribution in [-0.4, -0.2) is 17.7 Å². The Balaban J connectivity index is 0.00000392. The quantitative estimate of drug-likeness (QED) is 0.406. The summed E-state index contributed by atoms with van der Waals surface area (Å²) in [6, 6.07) is 5.07. The Morgan fingerprint density at radius 2 is 2.11 bits per heavy atom. The van der Waals surface area contributed by atoms with E-state index in [1.54, 1.807) is 6.92 Å². The van der Waals surface area contributed by atoms with Crippen molar-refractivity contribution in [1.82, 2.24) is 5.32 Å². The van der Waals surface area contributed by atoms with E-state index in [9.17, 15) is 14.8 Å². The van der Waals surface area contributed by atoms with Crippen LogP contribution in [0.3, 0.4) is 0 Å². The first-order valence-electron chi connectivity index (χ1n) is 8.50. The van der Waals surface area contributed by atoms with Gasteiger partial charge in [-0.15, -0.1) is 0 Å². The molecule has 2 aromatic rings. The molecule has 0 aliphatic carbocycles. The van der Waals surface area contributed by atoms with Crippen molar-refractivity contribution in [2.45, 2.75) is 38.8 Å². The maximum absolute atomic E-state index is 15.2. The van der Waals surface area contributed by atoms with Gasteiger partial charge in [-0.1, -0.05) is 24.6 Å². The highest BCUT2D eigenvalue weighted by atomic mass is 35.5. The number of hydrogen-bond acceptors (Lipinski definition) is 4. The molecule has 148 valence electrons. The molecular weight excluding hydrogens is 373 g/mol. The van der Waals surface area contributed by atoms with Gasteiger partial charge in [-0.2, -0.15) is 4.73 Å². The Labute approximate surface area is 164 Å². The molecule has 8 heteroatoms. The number of ketones is 1. The van der Waals surface area contributed by atoms with Crippen LogP contribution in [0.2, 0.25) is 5.02 Å². The van der Waals surface area contributed by atoms with Crippen molar-refractivity contribution in [2.75, 3.05) is 0 Å². The third-order valence-electron chi connectivity index (χ3n) is 4.16. The number of nitrogens with zero attached hydrogens (tertiary/aromatic N) is 1. The molecule has 1 amide bonds. The summed E-state index contributed by atoms with van der Waals surface area (Å²) in [5.41, 5.74) is 5.20.